The molecule has 0 saturated heterocycles. The molecular weight excluding hydrogens is 352 g/mol. The molecule has 0 aromatic rings. The number of rotatable bonds is 12. The second-order valence-electron chi connectivity index (χ2n) is 8.44. The van der Waals surface area contributed by atoms with Crippen LogP contribution in [-0.4, -0.2) is 30.1 Å². The van der Waals surface area contributed by atoms with Crippen molar-refractivity contribution in [3.63, 3.8) is 0 Å². The van der Waals surface area contributed by atoms with Crippen molar-refractivity contribution in [1.29, 1.82) is 0 Å². The maximum atomic E-state index is 12.3. The average Bonchev–Trinajstić information content (AvgIpc) is 3.02. The zero-order chi connectivity index (χ0) is 21.0. The summed E-state index contributed by atoms with van der Waals surface area (Å²) in [7, 11) is 1.35. The highest BCUT2D eigenvalue weighted by atomic mass is 16.5. The van der Waals surface area contributed by atoms with Gasteiger partial charge in [-0.05, 0) is 37.0 Å². The van der Waals surface area contributed by atoms with Crippen LogP contribution in [0.1, 0.15) is 72.1 Å². The Labute approximate surface area is 170 Å². The fourth-order valence-electron chi connectivity index (χ4n) is 3.68. The van der Waals surface area contributed by atoms with Gasteiger partial charge in [-0.15, -0.1) is 0 Å². The average molecular weight is 391 g/mol. The predicted molar refractivity (Wildman–Crippen MR) is 114 cm³/mol. The minimum Gasteiger partial charge on any atom is -0.466 e. The Bertz CT molecular complexity index is 571. The summed E-state index contributed by atoms with van der Waals surface area (Å²) in [5.74, 6) is 0.190. The molecule has 28 heavy (non-hydrogen) atoms. The van der Waals surface area contributed by atoms with E-state index in [0.29, 0.717) is 12.2 Å². The van der Waals surface area contributed by atoms with E-state index in [1.54, 1.807) is 6.08 Å². The molecule has 1 fully saturated rings. The zero-order valence-electron chi connectivity index (χ0n) is 18.0. The lowest BCUT2D eigenvalue weighted by atomic mass is 9.80. The van der Waals surface area contributed by atoms with Crippen molar-refractivity contribution in [1.82, 2.24) is 0 Å². The Balaban J connectivity index is 2.54. The van der Waals surface area contributed by atoms with Crippen LogP contribution in [0, 0.1) is 17.3 Å². The van der Waals surface area contributed by atoms with Crippen molar-refractivity contribution < 1.29 is 19.4 Å². The SMILES string of the molecule is CCCCCC(C)(C)C(O)C=CC1CCC(=O)C1CCC=CC=CC(=O)OC. The van der Waals surface area contributed by atoms with Gasteiger partial charge in [-0.25, -0.2) is 4.79 Å². The van der Waals surface area contributed by atoms with Crippen molar-refractivity contribution in [3.05, 3.63) is 36.5 Å². The van der Waals surface area contributed by atoms with E-state index >= 15 is 0 Å². The molecule has 0 heterocycles. The molecule has 4 heteroatoms. The number of unbranched alkanes of at least 4 members (excludes halogenated alkanes) is 2. The van der Waals surface area contributed by atoms with Crippen molar-refractivity contribution in [2.75, 3.05) is 7.11 Å². The van der Waals surface area contributed by atoms with Crippen LogP contribution in [0.15, 0.2) is 36.5 Å². The Kier molecular flexibility index (Phi) is 11.1. The van der Waals surface area contributed by atoms with E-state index in [0.717, 1.165) is 32.1 Å². The topological polar surface area (TPSA) is 63.6 Å². The van der Waals surface area contributed by atoms with Gasteiger partial charge in [0.2, 0.25) is 0 Å². The first-order valence-corrected chi connectivity index (χ1v) is 10.6. The number of hydrogen-bond acceptors (Lipinski definition) is 4. The van der Waals surface area contributed by atoms with Gasteiger partial charge in [-0.1, -0.05) is 70.4 Å². The Morgan fingerprint density at radius 2 is 2.07 bits per heavy atom. The fourth-order valence-corrected chi connectivity index (χ4v) is 3.68. The largest absolute Gasteiger partial charge is 0.466 e. The number of allylic oxidation sites excluding steroid dienone is 4. The van der Waals surface area contributed by atoms with Crippen LogP contribution in [0.25, 0.3) is 0 Å². The van der Waals surface area contributed by atoms with Gasteiger partial charge in [-0.2, -0.15) is 0 Å². The Morgan fingerprint density at radius 3 is 2.75 bits per heavy atom. The maximum Gasteiger partial charge on any atom is 0.330 e. The summed E-state index contributed by atoms with van der Waals surface area (Å²) in [5.41, 5.74) is -0.140. The van der Waals surface area contributed by atoms with Crippen LogP contribution in [0.2, 0.25) is 0 Å². The van der Waals surface area contributed by atoms with E-state index in [2.05, 4.69) is 31.6 Å². The van der Waals surface area contributed by atoms with Crippen molar-refractivity contribution in [2.45, 2.75) is 78.2 Å². The lowest BCUT2D eigenvalue weighted by Gasteiger charge is -2.29. The van der Waals surface area contributed by atoms with E-state index in [1.807, 2.05) is 18.2 Å². The summed E-state index contributed by atoms with van der Waals surface area (Å²) in [4.78, 5) is 23.2. The Morgan fingerprint density at radius 1 is 1.32 bits per heavy atom. The summed E-state index contributed by atoms with van der Waals surface area (Å²) < 4.78 is 4.53. The normalized spacial score (nSPS) is 22.0. The van der Waals surface area contributed by atoms with Crippen LogP contribution < -0.4 is 0 Å². The minimum absolute atomic E-state index is 0.0286. The molecule has 0 aliphatic heterocycles. The summed E-state index contributed by atoms with van der Waals surface area (Å²) in [6.07, 6.45) is 17.9. The molecule has 1 aliphatic rings. The molecule has 1 saturated carbocycles. The number of aliphatic hydroxyl groups is 1. The summed E-state index contributed by atoms with van der Waals surface area (Å²) in [6, 6.07) is 0. The number of carbonyl (C=O) groups excluding carboxylic acids is 2. The molecule has 158 valence electrons. The van der Waals surface area contributed by atoms with E-state index in [4.69, 9.17) is 0 Å². The van der Waals surface area contributed by atoms with Crippen LogP contribution >= 0.6 is 0 Å². The minimum atomic E-state index is -0.482. The molecular formula is C24H38O4. The van der Waals surface area contributed by atoms with Gasteiger partial charge in [0.15, 0.2) is 0 Å². The molecule has 3 unspecified atom stereocenters. The monoisotopic (exact) mass is 390 g/mol. The van der Waals surface area contributed by atoms with E-state index in [-0.39, 0.29) is 23.2 Å². The second kappa shape index (κ2) is 12.7. The van der Waals surface area contributed by atoms with Gasteiger partial charge in [0, 0.05) is 18.4 Å². The highest BCUT2D eigenvalue weighted by Gasteiger charge is 2.33. The van der Waals surface area contributed by atoms with Crippen LogP contribution in [-0.2, 0) is 14.3 Å². The van der Waals surface area contributed by atoms with E-state index in [1.165, 1.54) is 26.0 Å². The highest BCUT2D eigenvalue weighted by Crippen LogP contribution is 2.35. The van der Waals surface area contributed by atoms with Gasteiger partial charge in [0.1, 0.15) is 5.78 Å². The lowest BCUT2D eigenvalue weighted by Crippen LogP contribution is -2.27. The standard InChI is InChI=1S/C24H38O4/c1-5-6-11-18-24(2,3)22(26)17-15-19-14-16-21(25)20(19)12-9-7-8-10-13-23(27)28-4/h7-8,10,13,15,17,19-20,22,26H,5-6,9,11-12,14,16,18H2,1-4H3. The number of Topliss-reactive ketones (excluding diaryl/α,β-unsaturated/α-hetero) is 1. The molecule has 0 aromatic carbocycles. The third-order valence-electron chi connectivity index (χ3n) is 5.75. The number of methoxy groups -OCH3 is 1. The number of esters is 1. The first kappa shape index (κ1) is 24.4. The van der Waals surface area contributed by atoms with Crippen LogP contribution in [0.5, 0.6) is 0 Å². The molecule has 0 radical (unpaired) electrons. The third-order valence-corrected chi connectivity index (χ3v) is 5.75. The molecule has 1 aliphatic carbocycles. The van der Waals surface area contributed by atoms with Gasteiger partial charge in [0.25, 0.3) is 0 Å². The van der Waals surface area contributed by atoms with Gasteiger partial charge in [-0.3, -0.25) is 4.79 Å². The smallest absolute Gasteiger partial charge is 0.330 e. The van der Waals surface area contributed by atoms with E-state index < -0.39 is 6.10 Å². The van der Waals surface area contributed by atoms with Crippen molar-refractivity contribution in [2.24, 2.45) is 17.3 Å². The molecule has 0 bridgehead atoms. The number of carbonyl (C=O) groups is 2. The third kappa shape index (κ3) is 8.55. The van der Waals surface area contributed by atoms with Crippen LogP contribution in [0.4, 0.5) is 0 Å². The van der Waals surface area contributed by atoms with Gasteiger partial charge < -0.3 is 9.84 Å². The number of ether oxygens (including phenoxy) is 1. The van der Waals surface area contributed by atoms with Gasteiger partial charge in [0.05, 0.1) is 13.2 Å². The fraction of sp³-hybridized carbons (Fsp3) is 0.667. The van der Waals surface area contributed by atoms with Crippen molar-refractivity contribution >= 4 is 11.8 Å². The Hall–Kier alpha value is -1.68. The second-order valence-corrected chi connectivity index (χ2v) is 8.44. The number of aliphatic hydroxyl groups excluding tert-OH is 1. The first-order chi connectivity index (χ1) is 13.3. The molecule has 0 amide bonds. The molecule has 0 aromatic heterocycles. The quantitative estimate of drug-likeness (QED) is 0.164. The maximum absolute atomic E-state index is 12.3. The zero-order valence-corrected chi connectivity index (χ0v) is 18.0. The van der Waals surface area contributed by atoms with Gasteiger partial charge >= 0.3 is 5.97 Å². The number of ketones is 1. The molecule has 1 rings (SSSR count). The molecule has 3 atom stereocenters. The predicted octanol–water partition coefficient (Wildman–Crippen LogP) is 5.17. The van der Waals surface area contributed by atoms with E-state index in [9.17, 15) is 14.7 Å². The van der Waals surface area contributed by atoms with Crippen molar-refractivity contribution in [3.8, 4) is 0 Å². The summed E-state index contributed by atoms with van der Waals surface area (Å²) >= 11 is 0. The molecule has 0 spiro atoms. The molecule has 4 nitrogen and oxygen atoms in total. The summed E-state index contributed by atoms with van der Waals surface area (Å²) in [6.45, 7) is 6.41. The van der Waals surface area contributed by atoms with Crippen LogP contribution in [0.3, 0.4) is 0 Å². The lowest BCUT2D eigenvalue weighted by molar-refractivity contribution is -0.134. The first-order valence-electron chi connectivity index (χ1n) is 10.6. The summed E-state index contributed by atoms with van der Waals surface area (Å²) in [5, 5.41) is 10.6. The number of hydrogen-bond donors (Lipinski definition) is 1. The molecule has 1 N–H and O–H groups in total. The highest BCUT2D eigenvalue weighted by molar-refractivity contribution is 5.83.